The molecule has 1 fully saturated rings. The molecule has 0 saturated carbocycles. The van der Waals surface area contributed by atoms with Gasteiger partial charge in [-0.15, -0.1) is 0 Å². The molecule has 34 heavy (non-hydrogen) atoms. The van der Waals surface area contributed by atoms with Crippen LogP contribution in [0.15, 0.2) is 24.3 Å². The monoisotopic (exact) mass is 487 g/mol. The zero-order valence-corrected chi connectivity index (χ0v) is 19.0. The first-order chi connectivity index (χ1) is 16.3. The van der Waals surface area contributed by atoms with E-state index in [0.29, 0.717) is 11.4 Å². The highest BCUT2D eigenvalue weighted by atomic mass is 16.7. The Bertz CT molecular complexity index is 801. The minimum atomic E-state index is -1.23. The van der Waals surface area contributed by atoms with Gasteiger partial charge in [0.2, 0.25) is 6.29 Å². The summed E-state index contributed by atoms with van der Waals surface area (Å²) in [7, 11) is 3.53. The van der Waals surface area contributed by atoms with Gasteiger partial charge in [0.05, 0.1) is 27.9 Å². The van der Waals surface area contributed by atoms with E-state index in [1.54, 1.807) is 24.3 Å². The molecule has 0 aromatic heterocycles. The third kappa shape index (κ3) is 7.81. The van der Waals surface area contributed by atoms with Crippen LogP contribution in [-0.4, -0.2) is 101 Å². The van der Waals surface area contributed by atoms with E-state index in [2.05, 4.69) is 14.2 Å². The van der Waals surface area contributed by atoms with E-state index in [0.717, 1.165) is 0 Å². The maximum Gasteiger partial charge on any atom is 0.331 e. The van der Waals surface area contributed by atoms with Crippen molar-refractivity contribution in [1.29, 1.82) is 0 Å². The lowest BCUT2D eigenvalue weighted by molar-refractivity contribution is -0.301. The summed E-state index contributed by atoms with van der Waals surface area (Å²) in [4.78, 5) is 35.1. The number of carbonyl (C=O) groups is 3. The number of hydrogen-bond acceptors (Lipinski definition) is 13. The Balaban J connectivity index is 2.36. The number of rotatable bonds is 12. The minimum absolute atomic E-state index is 0.336. The molecule has 0 unspecified atom stereocenters. The van der Waals surface area contributed by atoms with E-state index in [9.17, 15) is 19.5 Å². The van der Waals surface area contributed by atoms with Crippen LogP contribution in [0.5, 0.6) is 5.75 Å². The molecule has 0 spiro atoms. The molecule has 190 valence electrons. The van der Waals surface area contributed by atoms with Gasteiger partial charge in [0, 0.05) is 5.69 Å². The molecule has 5 atom stereocenters. The number of nitrogens with two attached hydrogens (primary N) is 1. The fourth-order valence-corrected chi connectivity index (χ4v) is 3.04. The highest BCUT2D eigenvalue weighted by Crippen LogP contribution is 2.30. The Morgan fingerprint density at radius 2 is 1.29 bits per heavy atom. The number of aliphatic hydroxyl groups excluding tert-OH is 1. The van der Waals surface area contributed by atoms with Crippen LogP contribution in [0, 0.1) is 0 Å². The zero-order chi connectivity index (χ0) is 25.1. The van der Waals surface area contributed by atoms with Gasteiger partial charge in [-0.05, 0) is 24.3 Å². The van der Waals surface area contributed by atoms with E-state index in [-0.39, 0.29) is 0 Å². The van der Waals surface area contributed by atoms with Gasteiger partial charge in [0.25, 0.3) is 0 Å². The van der Waals surface area contributed by atoms with Gasteiger partial charge < -0.3 is 48.7 Å². The third-order valence-corrected chi connectivity index (χ3v) is 4.77. The minimum Gasteiger partial charge on any atom is -0.467 e. The van der Waals surface area contributed by atoms with Crippen molar-refractivity contribution in [3.05, 3.63) is 24.3 Å². The molecule has 0 amide bonds. The Morgan fingerprint density at radius 1 is 0.824 bits per heavy atom. The van der Waals surface area contributed by atoms with Crippen molar-refractivity contribution in [2.24, 2.45) is 0 Å². The Morgan fingerprint density at radius 3 is 1.76 bits per heavy atom. The lowest BCUT2D eigenvalue weighted by Gasteiger charge is -2.44. The van der Waals surface area contributed by atoms with Crippen LogP contribution in [-0.2, 0) is 47.5 Å². The predicted octanol–water partition coefficient (Wildman–Crippen LogP) is -0.961. The molecule has 3 N–H and O–H groups in total. The molecule has 13 nitrogen and oxygen atoms in total. The predicted molar refractivity (Wildman–Crippen MR) is 112 cm³/mol. The molecule has 1 aromatic rings. The first kappa shape index (κ1) is 27.3. The molecular weight excluding hydrogens is 458 g/mol. The Labute approximate surface area is 195 Å². The molecule has 1 aromatic carbocycles. The standard InChI is InChI=1S/C21H29NO12/c1-27-15(24)9-30-18-14(8-23)34-21(33-13-6-4-12(22)5-7-13)20(32-11-17(26)29-3)19(18)31-10-16(25)28-2/h4-7,14,18-21,23H,8-11,22H2,1-3H3/t14-,18-,19+,20+,21+/m1/s1. The van der Waals surface area contributed by atoms with Gasteiger partial charge in [0.1, 0.15) is 50.0 Å². The number of methoxy groups -OCH3 is 3. The van der Waals surface area contributed by atoms with Crippen molar-refractivity contribution in [3.8, 4) is 5.75 Å². The quantitative estimate of drug-likeness (QED) is 0.210. The second-order valence-electron chi connectivity index (χ2n) is 6.97. The van der Waals surface area contributed by atoms with Crippen molar-refractivity contribution < 1.29 is 57.4 Å². The van der Waals surface area contributed by atoms with Crippen molar-refractivity contribution in [2.45, 2.75) is 30.7 Å². The fraction of sp³-hybridized carbons (Fsp3) is 0.571. The summed E-state index contributed by atoms with van der Waals surface area (Å²) in [6.07, 6.45) is -5.75. The number of carbonyl (C=O) groups excluding carboxylic acids is 3. The van der Waals surface area contributed by atoms with E-state index in [4.69, 9.17) is 29.4 Å². The molecule has 0 radical (unpaired) electrons. The van der Waals surface area contributed by atoms with Crippen LogP contribution in [0.4, 0.5) is 5.69 Å². The number of anilines is 1. The van der Waals surface area contributed by atoms with Crippen molar-refractivity contribution >= 4 is 23.6 Å². The van der Waals surface area contributed by atoms with Crippen molar-refractivity contribution in [2.75, 3.05) is 53.5 Å². The Hall–Kier alpha value is -2.97. The zero-order valence-electron chi connectivity index (χ0n) is 19.0. The van der Waals surface area contributed by atoms with Crippen LogP contribution in [0.1, 0.15) is 0 Å². The third-order valence-electron chi connectivity index (χ3n) is 4.77. The first-order valence-corrected chi connectivity index (χ1v) is 10.2. The Kier molecular flexibility index (Phi) is 11.0. The average Bonchev–Trinajstić information content (AvgIpc) is 2.85. The summed E-state index contributed by atoms with van der Waals surface area (Å²) in [5, 5.41) is 9.93. The summed E-state index contributed by atoms with van der Waals surface area (Å²) in [5.41, 5.74) is 6.20. The maximum absolute atomic E-state index is 11.7. The second kappa shape index (κ2) is 13.7. The van der Waals surface area contributed by atoms with Gasteiger partial charge in [-0.25, -0.2) is 14.4 Å². The fourth-order valence-electron chi connectivity index (χ4n) is 3.04. The molecule has 2 rings (SSSR count). The van der Waals surface area contributed by atoms with Crippen molar-refractivity contribution in [1.82, 2.24) is 0 Å². The maximum atomic E-state index is 11.7. The van der Waals surface area contributed by atoms with Crippen LogP contribution < -0.4 is 10.5 Å². The van der Waals surface area contributed by atoms with Crippen LogP contribution in [0.3, 0.4) is 0 Å². The lowest BCUT2D eigenvalue weighted by Crippen LogP contribution is -2.63. The van der Waals surface area contributed by atoms with E-state index in [1.165, 1.54) is 21.3 Å². The number of aliphatic hydroxyl groups is 1. The average molecular weight is 487 g/mol. The summed E-state index contributed by atoms with van der Waals surface area (Å²) in [6.45, 7) is -2.11. The molecule has 13 heteroatoms. The number of hydrogen-bond donors (Lipinski definition) is 2. The van der Waals surface area contributed by atoms with Gasteiger partial charge in [0.15, 0.2) is 0 Å². The van der Waals surface area contributed by atoms with E-state index in [1.807, 2.05) is 0 Å². The number of ether oxygens (including phenoxy) is 8. The normalized spacial score (nSPS) is 24.2. The van der Waals surface area contributed by atoms with Gasteiger partial charge in [-0.3, -0.25) is 0 Å². The molecule has 1 aliphatic heterocycles. The van der Waals surface area contributed by atoms with Crippen LogP contribution in [0.25, 0.3) is 0 Å². The number of esters is 3. The smallest absolute Gasteiger partial charge is 0.331 e. The largest absolute Gasteiger partial charge is 0.467 e. The molecule has 1 aliphatic rings. The summed E-state index contributed by atoms with van der Waals surface area (Å²) in [5.74, 6) is -1.77. The van der Waals surface area contributed by atoms with E-state index >= 15 is 0 Å². The topological polar surface area (TPSA) is 171 Å². The van der Waals surface area contributed by atoms with Gasteiger partial charge in [-0.1, -0.05) is 0 Å². The molecule has 0 bridgehead atoms. The second-order valence-corrected chi connectivity index (χ2v) is 6.97. The van der Waals surface area contributed by atoms with Crippen molar-refractivity contribution in [3.63, 3.8) is 0 Å². The number of nitrogen functional groups attached to an aromatic ring is 1. The number of benzene rings is 1. The van der Waals surface area contributed by atoms with Crippen LogP contribution in [0.2, 0.25) is 0 Å². The first-order valence-electron chi connectivity index (χ1n) is 10.2. The molecular formula is C21H29NO12. The molecule has 1 heterocycles. The summed E-state index contributed by atoms with van der Waals surface area (Å²) >= 11 is 0. The van der Waals surface area contributed by atoms with Gasteiger partial charge >= 0.3 is 17.9 Å². The summed E-state index contributed by atoms with van der Waals surface area (Å²) in [6, 6.07) is 6.35. The SMILES string of the molecule is COC(=O)CO[C@@H]1[C@H](OCC(=O)OC)[C@@H](Oc2ccc(N)cc2)O[C@H](CO)[C@H]1OCC(=O)OC. The van der Waals surface area contributed by atoms with Crippen LogP contribution >= 0.6 is 0 Å². The highest BCUT2D eigenvalue weighted by molar-refractivity contribution is 5.71. The molecule has 1 saturated heterocycles. The highest BCUT2D eigenvalue weighted by Gasteiger charge is 2.50. The summed E-state index contributed by atoms with van der Waals surface area (Å²) < 4.78 is 42.5. The lowest BCUT2D eigenvalue weighted by atomic mass is 9.98. The molecule has 0 aliphatic carbocycles. The van der Waals surface area contributed by atoms with E-state index < -0.39 is 75.0 Å². The van der Waals surface area contributed by atoms with Gasteiger partial charge in [-0.2, -0.15) is 0 Å².